The molecule has 1 aliphatic rings. The van der Waals surface area contributed by atoms with E-state index in [0.717, 1.165) is 34.1 Å². The topological polar surface area (TPSA) is 54.1 Å². The van der Waals surface area contributed by atoms with Gasteiger partial charge in [0.1, 0.15) is 4.99 Å². The third-order valence-electron chi connectivity index (χ3n) is 4.45. The molecule has 1 aromatic heterocycles. The van der Waals surface area contributed by atoms with Gasteiger partial charge in [-0.15, -0.1) is 0 Å². The highest BCUT2D eigenvalue weighted by Crippen LogP contribution is 2.28. The summed E-state index contributed by atoms with van der Waals surface area (Å²) in [6.07, 6.45) is 4.14. The van der Waals surface area contributed by atoms with Crippen molar-refractivity contribution in [2.24, 2.45) is 0 Å². The van der Waals surface area contributed by atoms with Gasteiger partial charge >= 0.3 is 5.97 Å². The molecule has 0 aromatic carbocycles. The molecule has 2 heterocycles. The van der Waals surface area contributed by atoms with Gasteiger partial charge in [-0.05, 0) is 62.0 Å². The number of carbonyl (C=O) groups excluding carboxylic acids is 1. The zero-order valence-corrected chi connectivity index (χ0v) is 15.2. The van der Waals surface area contributed by atoms with E-state index in [0.29, 0.717) is 12.8 Å². The number of allylic oxidation sites excluding steroid dienone is 1. The Kier molecular flexibility index (Phi) is 5.42. The van der Waals surface area contributed by atoms with Crippen molar-refractivity contribution in [3.05, 3.63) is 39.4 Å². The third-order valence-corrected chi connectivity index (χ3v) is 4.86. The van der Waals surface area contributed by atoms with Crippen LogP contribution in [0.2, 0.25) is 0 Å². The Bertz CT molecular complexity index is 711. The second-order valence-corrected chi connectivity index (χ2v) is 6.22. The van der Waals surface area contributed by atoms with Gasteiger partial charge in [-0.2, -0.15) is 0 Å². The first-order valence-corrected chi connectivity index (χ1v) is 8.27. The van der Waals surface area contributed by atoms with Crippen molar-refractivity contribution in [2.75, 3.05) is 7.11 Å². The van der Waals surface area contributed by atoms with E-state index in [1.54, 1.807) is 0 Å². The van der Waals surface area contributed by atoms with Crippen LogP contribution < -0.4 is 5.32 Å². The first-order chi connectivity index (χ1) is 10.9. The largest absolute Gasteiger partial charge is 0.469 e. The van der Waals surface area contributed by atoms with Gasteiger partial charge < -0.3 is 15.0 Å². The molecule has 1 aromatic rings. The van der Waals surface area contributed by atoms with Crippen LogP contribution in [-0.4, -0.2) is 23.1 Å². The van der Waals surface area contributed by atoms with Gasteiger partial charge in [-0.1, -0.05) is 19.1 Å². The van der Waals surface area contributed by atoms with Crippen molar-refractivity contribution in [3.8, 4) is 0 Å². The number of esters is 1. The lowest BCUT2D eigenvalue weighted by atomic mass is 10.0. The van der Waals surface area contributed by atoms with Gasteiger partial charge in [0.15, 0.2) is 0 Å². The number of carbonyl (C=O) groups is 1. The summed E-state index contributed by atoms with van der Waals surface area (Å²) < 4.78 is 4.73. The average Bonchev–Trinajstić information content (AvgIpc) is 2.94. The SMILES string of the molecule is CCC1=C(C)C(=S)N/C1=C\c1[nH]c(C)c(CCC(=O)OC)c1C. The number of aromatic amines is 1. The number of H-pyrrole nitrogens is 1. The van der Waals surface area contributed by atoms with E-state index in [9.17, 15) is 4.79 Å². The summed E-state index contributed by atoms with van der Waals surface area (Å²) in [5.74, 6) is -0.181. The van der Waals surface area contributed by atoms with E-state index in [4.69, 9.17) is 17.0 Å². The van der Waals surface area contributed by atoms with Crippen molar-refractivity contribution in [3.63, 3.8) is 0 Å². The van der Waals surface area contributed by atoms with Crippen molar-refractivity contribution < 1.29 is 9.53 Å². The van der Waals surface area contributed by atoms with Crippen LogP contribution in [0.25, 0.3) is 6.08 Å². The molecule has 124 valence electrons. The average molecular weight is 332 g/mol. The fourth-order valence-electron chi connectivity index (χ4n) is 3.02. The van der Waals surface area contributed by atoms with E-state index in [1.807, 2.05) is 6.92 Å². The Labute approximate surface area is 143 Å². The molecule has 0 saturated heterocycles. The molecule has 0 unspecified atom stereocenters. The Balaban J connectivity index is 2.30. The smallest absolute Gasteiger partial charge is 0.305 e. The third kappa shape index (κ3) is 3.55. The monoisotopic (exact) mass is 332 g/mol. The fraction of sp³-hybridized carbons (Fsp3) is 0.444. The minimum Gasteiger partial charge on any atom is -0.469 e. The van der Waals surface area contributed by atoms with E-state index in [1.165, 1.54) is 23.8 Å². The molecule has 4 nitrogen and oxygen atoms in total. The Hall–Kier alpha value is -1.88. The highest BCUT2D eigenvalue weighted by atomic mass is 32.1. The maximum absolute atomic E-state index is 11.4. The Morgan fingerprint density at radius 3 is 2.61 bits per heavy atom. The maximum atomic E-state index is 11.4. The van der Waals surface area contributed by atoms with E-state index in [2.05, 4.69) is 37.1 Å². The standard InChI is InChI=1S/C18H24N2O2S/c1-6-13-11(3)18(23)20-16(13)9-15-10(2)14(12(4)19-15)7-8-17(21)22-5/h9,19H,6-8H2,1-5H3,(H,20,23)/b16-9-. The molecule has 2 N–H and O–H groups in total. The summed E-state index contributed by atoms with van der Waals surface area (Å²) in [6, 6.07) is 0. The first-order valence-electron chi connectivity index (χ1n) is 7.87. The quantitative estimate of drug-likeness (QED) is 0.637. The summed E-state index contributed by atoms with van der Waals surface area (Å²) in [4.78, 5) is 15.6. The van der Waals surface area contributed by atoms with Crippen molar-refractivity contribution in [2.45, 2.75) is 47.0 Å². The summed E-state index contributed by atoms with van der Waals surface area (Å²) in [7, 11) is 1.42. The number of hydrogen-bond acceptors (Lipinski definition) is 3. The van der Waals surface area contributed by atoms with Gasteiger partial charge in [-0.25, -0.2) is 0 Å². The number of aromatic nitrogens is 1. The highest BCUT2D eigenvalue weighted by molar-refractivity contribution is 7.80. The van der Waals surface area contributed by atoms with Crippen LogP contribution in [0.5, 0.6) is 0 Å². The van der Waals surface area contributed by atoms with Gasteiger partial charge in [0.2, 0.25) is 0 Å². The normalized spacial score (nSPS) is 16.2. The van der Waals surface area contributed by atoms with Crippen LogP contribution in [0.15, 0.2) is 16.8 Å². The molecule has 0 spiro atoms. The Morgan fingerprint density at radius 1 is 1.30 bits per heavy atom. The lowest BCUT2D eigenvalue weighted by molar-refractivity contribution is -0.140. The van der Waals surface area contributed by atoms with Crippen LogP contribution in [0.1, 0.15) is 49.2 Å². The lowest BCUT2D eigenvalue weighted by Crippen LogP contribution is -2.13. The molecule has 1 aliphatic heterocycles. The zero-order valence-electron chi connectivity index (χ0n) is 14.4. The molecule has 0 radical (unpaired) electrons. The summed E-state index contributed by atoms with van der Waals surface area (Å²) >= 11 is 5.35. The number of thiocarbonyl (C=S) groups is 1. The minimum absolute atomic E-state index is 0.181. The number of hydrogen-bond donors (Lipinski definition) is 2. The molecular formula is C18H24N2O2S. The van der Waals surface area contributed by atoms with E-state index >= 15 is 0 Å². The van der Waals surface area contributed by atoms with Crippen LogP contribution in [0.3, 0.4) is 0 Å². The predicted octanol–water partition coefficient (Wildman–Crippen LogP) is 3.74. The number of rotatable bonds is 5. The van der Waals surface area contributed by atoms with Crippen LogP contribution in [0, 0.1) is 13.8 Å². The Morgan fingerprint density at radius 2 is 2.00 bits per heavy atom. The first kappa shape index (κ1) is 17.5. The number of ether oxygens (including phenoxy) is 1. The maximum Gasteiger partial charge on any atom is 0.305 e. The predicted molar refractivity (Wildman–Crippen MR) is 97.3 cm³/mol. The second-order valence-electron chi connectivity index (χ2n) is 5.81. The van der Waals surface area contributed by atoms with Gasteiger partial charge in [0, 0.05) is 23.5 Å². The molecule has 2 rings (SSSR count). The van der Waals surface area contributed by atoms with Crippen molar-refractivity contribution in [1.29, 1.82) is 0 Å². The van der Waals surface area contributed by atoms with E-state index in [-0.39, 0.29) is 5.97 Å². The molecule has 0 fully saturated rings. The van der Waals surface area contributed by atoms with Crippen LogP contribution in [-0.2, 0) is 16.0 Å². The molecular weight excluding hydrogens is 308 g/mol. The zero-order chi connectivity index (χ0) is 17.1. The highest BCUT2D eigenvalue weighted by Gasteiger charge is 2.20. The summed E-state index contributed by atoms with van der Waals surface area (Å²) in [6.45, 7) is 8.31. The molecule has 0 saturated carbocycles. The van der Waals surface area contributed by atoms with Gasteiger partial charge in [-0.3, -0.25) is 4.79 Å². The minimum atomic E-state index is -0.181. The van der Waals surface area contributed by atoms with Crippen molar-refractivity contribution in [1.82, 2.24) is 10.3 Å². The van der Waals surface area contributed by atoms with Crippen LogP contribution in [0.4, 0.5) is 0 Å². The molecule has 0 amide bonds. The van der Waals surface area contributed by atoms with Crippen LogP contribution >= 0.6 is 12.2 Å². The van der Waals surface area contributed by atoms with Crippen molar-refractivity contribution >= 4 is 29.3 Å². The molecule has 5 heteroatoms. The molecule has 0 atom stereocenters. The summed E-state index contributed by atoms with van der Waals surface area (Å²) in [5.41, 5.74) is 8.00. The number of methoxy groups -OCH3 is 1. The number of nitrogens with one attached hydrogen (secondary N) is 2. The summed E-state index contributed by atoms with van der Waals surface area (Å²) in [5, 5.41) is 3.29. The lowest BCUT2D eigenvalue weighted by Gasteiger charge is -2.04. The second kappa shape index (κ2) is 7.13. The molecule has 23 heavy (non-hydrogen) atoms. The molecule has 0 bridgehead atoms. The molecule has 0 aliphatic carbocycles. The van der Waals surface area contributed by atoms with Gasteiger partial charge in [0.25, 0.3) is 0 Å². The number of aryl methyl sites for hydroxylation is 1. The van der Waals surface area contributed by atoms with Gasteiger partial charge in [0.05, 0.1) is 7.11 Å². The van der Waals surface area contributed by atoms with E-state index < -0.39 is 0 Å². The fourth-order valence-corrected chi connectivity index (χ4v) is 3.25.